The highest BCUT2D eigenvalue weighted by atomic mass is 19.1. The Hall–Kier alpha value is -3.62. The summed E-state index contributed by atoms with van der Waals surface area (Å²) in [5, 5.41) is 0. The molecule has 8 nitrogen and oxygen atoms in total. The van der Waals surface area contributed by atoms with E-state index >= 15 is 0 Å². The van der Waals surface area contributed by atoms with E-state index in [2.05, 4.69) is 14.9 Å². The molecule has 9 heteroatoms. The van der Waals surface area contributed by atoms with Crippen molar-refractivity contribution in [3.63, 3.8) is 0 Å². The molecule has 1 N–H and O–H groups in total. The number of aryl methyl sites for hydroxylation is 1. The van der Waals surface area contributed by atoms with E-state index in [9.17, 15) is 14.0 Å². The number of ether oxygens (including phenoxy) is 1. The van der Waals surface area contributed by atoms with Crippen molar-refractivity contribution in [1.29, 1.82) is 0 Å². The highest BCUT2D eigenvalue weighted by molar-refractivity contribution is 5.81. The van der Waals surface area contributed by atoms with Gasteiger partial charge in [0.2, 0.25) is 5.91 Å². The summed E-state index contributed by atoms with van der Waals surface area (Å²) in [5.74, 6) is 0.310. The molecule has 0 aliphatic carbocycles. The fourth-order valence-electron chi connectivity index (χ4n) is 5.21. The molecule has 38 heavy (non-hydrogen) atoms. The van der Waals surface area contributed by atoms with Crippen LogP contribution in [-0.4, -0.2) is 76.6 Å². The standard InChI is InChI=1S/C29H36FN5O3/c1-19-5-8-24-25(17-19)32-26(31-24)22-18-21(6-7-23(22)30)33-11-9-20(10-12-33)27(36)34-13-15-35(16-14-34)28(37)38-29(2,3)4/h5-8,17-18,20H,9-16H2,1-4H3,(H,31,32). The van der Waals surface area contributed by atoms with Crippen LogP contribution in [0.2, 0.25) is 0 Å². The number of H-pyrrole nitrogens is 1. The van der Waals surface area contributed by atoms with E-state index < -0.39 is 5.60 Å². The van der Waals surface area contributed by atoms with E-state index in [1.807, 2.05) is 56.9 Å². The second-order valence-electron chi connectivity index (χ2n) is 11.3. The third-order valence-corrected chi connectivity index (χ3v) is 7.30. The van der Waals surface area contributed by atoms with Crippen molar-refractivity contribution < 1.29 is 18.7 Å². The van der Waals surface area contributed by atoms with Crippen molar-refractivity contribution in [2.24, 2.45) is 5.92 Å². The van der Waals surface area contributed by atoms with Crippen LogP contribution in [0.1, 0.15) is 39.2 Å². The Balaban J connectivity index is 1.19. The highest BCUT2D eigenvalue weighted by Gasteiger charge is 2.32. The number of nitrogens with one attached hydrogen (secondary N) is 1. The second kappa shape index (κ2) is 10.3. The zero-order valence-electron chi connectivity index (χ0n) is 22.6. The smallest absolute Gasteiger partial charge is 0.410 e. The van der Waals surface area contributed by atoms with Crippen molar-refractivity contribution in [2.45, 2.75) is 46.1 Å². The molecule has 0 saturated carbocycles. The molecule has 5 rings (SSSR count). The number of halogens is 1. The van der Waals surface area contributed by atoms with Gasteiger partial charge in [-0.2, -0.15) is 0 Å². The number of anilines is 1. The fraction of sp³-hybridized carbons (Fsp3) is 0.483. The number of fused-ring (bicyclic) bond motifs is 1. The van der Waals surface area contributed by atoms with Crippen LogP contribution in [0.3, 0.4) is 0 Å². The topological polar surface area (TPSA) is 81.8 Å². The van der Waals surface area contributed by atoms with Crippen LogP contribution in [-0.2, 0) is 9.53 Å². The van der Waals surface area contributed by atoms with E-state index in [1.165, 1.54) is 6.07 Å². The van der Waals surface area contributed by atoms with Crippen LogP contribution in [0.4, 0.5) is 14.9 Å². The predicted molar refractivity (Wildman–Crippen MR) is 146 cm³/mol. The summed E-state index contributed by atoms with van der Waals surface area (Å²) in [7, 11) is 0. The minimum Gasteiger partial charge on any atom is -0.444 e. The number of aromatic amines is 1. The number of imidazole rings is 1. The average molecular weight is 522 g/mol. The summed E-state index contributed by atoms with van der Waals surface area (Å²) in [6.07, 6.45) is 1.15. The van der Waals surface area contributed by atoms with E-state index in [-0.39, 0.29) is 23.7 Å². The predicted octanol–water partition coefficient (Wildman–Crippen LogP) is 4.97. The quantitative estimate of drug-likeness (QED) is 0.526. The van der Waals surface area contributed by atoms with Crippen molar-refractivity contribution in [1.82, 2.24) is 19.8 Å². The third kappa shape index (κ3) is 5.61. The molecule has 0 atom stereocenters. The number of aromatic nitrogens is 2. The normalized spacial score (nSPS) is 17.2. The zero-order chi connectivity index (χ0) is 27.0. The van der Waals surface area contributed by atoms with Crippen molar-refractivity contribution >= 4 is 28.7 Å². The van der Waals surface area contributed by atoms with Gasteiger partial charge in [-0.15, -0.1) is 0 Å². The van der Waals surface area contributed by atoms with Crippen LogP contribution >= 0.6 is 0 Å². The molecule has 0 bridgehead atoms. The molecule has 2 aliphatic rings. The monoisotopic (exact) mass is 521 g/mol. The average Bonchev–Trinajstić information content (AvgIpc) is 3.31. The molecule has 2 saturated heterocycles. The lowest BCUT2D eigenvalue weighted by Gasteiger charge is -2.39. The minimum absolute atomic E-state index is 0.0436. The molecule has 3 heterocycles. The molecule has 3 aromatic rings. The molecule has 202 valence electrons. The SMILES string of the molecule is Cc1ccc2[nH]c(-c3cc(N4CCC(C(=O)N5CCN(C(=O)OC(C)(C)C)CC5)CC4)ccc3F)nc2c1. The molecule has 0 unspecified atom stereocenters. The first-order chi connectivity index (χ1) is 18.1. The number of piperidine rings is 1. The maximum absolute atomic E-state index is 14.8. The first-order valence-electron chi connectivity index (χ1n) is 13.4. The van der Waals surface area contributed by atoms with Gasteiger partial charge in [0.25, 0.3) is 0 Å². The Morgan fingerprint density at radius 2 is 1.66 bits per heavy atom. The van der Waals surface area contributed by atoms with Gasteiger partial charge in [0.15, 0.2) is 0 Å². The Morgan fingerprint density at radius 3 is 2.34 bits per heavy atom. The molecular weight excluding hydrogens is 485 g/mol. The minimum atomic E-state index is -0.533. The Kier molecular flexibility index (Phi) is 7.03. The summed E-state index contributed by atoms with van der Waals surface area (Å²) in [4.78, 5) is 39.1. The Labute approximate surface area is 222 Å². The number of amides is 2. The summed E-state index contributed by atoms with van der Waals surface area (Å²) < 4.78 is 20.3. The molecule has 1 aromatic heterocycles. The zero-order valence-corrected chi connectivity index (χ0v) is 22.6. The number of nitrogens with zero attached hydrogens (tertiary/aromatic N) is 4. The number of piperazine rings is 1. The van der Waals surface area contributed by atoms with E-state index in [0.29, 0.717) is 37.6 Å². The van der Waals surface area contributed by atoms with Gasteiger partial charge in [0.1, 0.15) is 17.2 Å². The lowest BCUT2D eigenvalue weighted by molar-refractivity contribution is -0.138. The number of hydrogen-bond acceptors (Lipinski definition) is 5. The van der Waals surface area contributed by atoms with Gasteiger partial charge in [-0.05, 0) is 76.4 Å². The Bertz CT molecular complexity index is 1330. The summed E-state index contributed by atoms with van der Waals surface area (Å²) >= 11 is 0. The van der Waals surface area contributed by atoms with Gasteiger partial charge in [-0.1, -0.05) is 6.07 Å². The largest absolute Gasteiger partial charge is 0.444 e. The van der Waals surface area contributed by atoms with Crippen molar-refractivity contribution in [3.8, 4) is 11.4 Å². The number of rotatable bonds is 3. The Morgan fingerprint density at radius 1 is 0.974 bits per heavy atom. The van der Waals surface area contributed by atoms with Crippen LogP contribution in [0.25, 0.3) is 22.4 Å². The van der Waals surface area contributed by atoms with Gasteiger partial charge < -0.3 is 24.4 Å². The number of carbonyl (C=O) groups is 2. The first-order valence-corrected chi connectivity index (χ1v) is 13.4. The molecule has 2 amide bonds. The maximum Gasteiger partial charge on any atom is 0.410 e. The van der Waals surface area contributed by atoms with Gasteiger partial charge in [0.05, 0.1) is 16.6 Å². The summed E-state index contributed by atoms with van der Waals surface area (Å²) in [5.41, 5.74) is 3.63. The molecular formula is C29H36FN5O3. The lowest BCUT2D eigenvalue weighted by Crippen LogP contribution is -2.53. The fourth-order valence-corrected chi connectivity index (χ4v) is 5.21. The third-order valence-electron chi connectivity index (χ3n) is 7.30. The molecule has 2 aromatic carbocycles. The number of benzene rings is 2. The molecule has 0 spiro atoms. The van der Waals surface area contributed by atoms with E-state index in [1.54, 1.807) is 11.0 Å². The number of hydrogen-bond donors (Lipinski definition) is 1. The van der Waals surface area contributed by atoms with Crippen molar-refractivity contribution in [3.05, 3.63) is 47.8 Å². The lowest BCUT2D eigenvalue weighted by atomic mass is 9.94. The van der Waals surface area contributed by atoms with E-state index in [0.717, 1.165) is 48.2 Å². The summed E-state index contributed by atoms with van der Waals surface area (Å²) in [6.45, 7) is 11.0. The molecule has 2 fully saturated rings. The first kappa shape index (κ1) is 26.0. The number of carbonyl (C=O) groups excluding carboxylic acids is 2. The molecule has 2 aliphatic heterocycles. The van der Waals surface area contributed by atoms with Crippen molar-refractivity contribution in [2.75, 3.05) is 44.2 Å². The van der Waals surface area contributed by atoms with Gasteiger partial charge >= 0.3 is 6.09 Å². The summed E-state index contributed by atoms with van der Waals surface area (Å²) in [6, 6.07) is 11.1. The van der Waals surface area contributed by atoms with Crippen LogP contribution < -0.4 is 4.90 Å². The van der Waals surface area contributed by atoms with Gasteiger partial charge in [-0.25, -0.2) is 14.2 Å². The molecule has 0 radical (unpaired) electrons. The van der Waals surface area contributed by atoms with E-state index in [4.69, 9.17) is 4.74 Å². The van der Waals surface area contributed by atoms with Crippen LogP contribution in [0.15, 0.2) is 36.4 Å². The van der Waals surface area contributed by atoms with Gasteiger partial charge in [0, 0.05) is 50.9 Å². The van der Waals surface area contributed by atoms with Crippen LogP contribution in [0, 0.1) is 18.7 Å². The van der Waals surface area contributed by atoms with Gasteiger partial charge in [-0.3, -0.25) is 4.79 Å². The maximum atomic E-state index is 14.8. The van der Waals surface area contributed by atoms with Crippen LogP contribution in [0.5, 0.6) is 0 Å². The second-order valence-corrected chi connectivity index (χ2v) is 11.3. The highest BCUT2D eigenvalue weighted by Crippen LogP contribution is 2.31.